The summed E-state index contributed by atoms with van der Waals surface area (Å²) in [4.78, 5) is 11.0. The predicted molar refractivity (Wildman–Crippen MR) is 67.5 cm³/mol. The van der Waals surface area contributed by atoms with E-state index in [1.54, 1.807) is 26.0 Å². The lowest BCUT2D eigenvalue weighted by Crippen LogP contribution is -2.43. The average molecular weight is 269 g/mol. The third kappa shape index (κ3) is 2.08. The first-order valence-electron chi connectivity index (χ1n) is 5.65. The molecule has 0 fully saturated rings. The lowest BCUT2D eigenvalue weighted by atomic mass is 10.1. The van der Waals surface area contributed by atoms with Gasteiger partial charge in [0.25, 0.3) is 0 Å². The van der Waals surface area contributed by atoms with Gasteiger partial charge in [0, 0.05) is 6.04 Å². The number of hydrogen-bond acceptors (Lipinski definition) is 4. The molecule has 0 saturated heterocycles. The lowest BCUT2D eigenvalue weighted by Gasteiger charge is -2.31. The standard InChI is InChI=1S/C12H15NO4S/c1-7-3-4-9-11(5-7)18(16,17)10(6-12(14)15)8(2)13-9/h3-5,8,10,13H,6H2,1-2H3,(H,14,15). The van der Waals surface area contributed by atoms with Gasteiger partial charge in [-0.05, 0) is 31.5 Å². The highest BCUT2D eigenvalue weighted by Crippen LogP contribution is 2.34. The van der Waals surface area contributed by atoms with E-state index in [2.05, 4.69) is 5.32 Å². The number of rotatable bonds is 2. The van der Waals surface area contributed by atoms with Crippen molar-refractivity contribution in [1.29, 1.82) is 0 Å². The van der Waals surface area contributed by atoms with Crippen molar-refractivity contribution in [3.8, 4) is 0 Å². The summed E-state index contributed by atoms with van der Waals surface area (Å²) >= 11 is 0. The number of anilines is 1. The first-order chi connectivity index (χ1) is 8.32. The fourth-order valence-corrected chi connectivity index (χ4v) is 4.29. The van der Waals surface area contributed by atoms with Gasteiger partial charge in [-0.1, -0.05) is 6.07 Å². The minimum Gasteiger partial charge on any atom is -0.481 e. The van der Waals surface area contributed by atoms with Crippen molar-refractivity contribution in [2.75, 3.05) is 5.32 Å². The van der Waals surface area contributed by atoms with E-state index in [4.69, 9.17) is 5.11 Å². The molecule has 1 aliphatic heterocycles. The zero-order valence-corrected chi connectivity index (χ0v) is 11.0. The number of benzene rings is 1. The maximum atomic E-state index is 12.4. The molecule has 1 heterocycles. The number of carboxylic acid groups (broad SMARTS) is 1. The highest BCUT2D eigenvalue weighted by Gasteiger charge is 2.39. The molecule has 1 aromatic carbocycles. The highest BCUT2D eigenvalue weighted by molar-refractivity contribution is 7.92. The number of aliphatic carboxylic acids is 1. The number of carboxylic acids is 1. The molecule has 0 bridgehead atoms. The summed E-state index contributed by atoms with van der Waals surface area (Å²) in [6.07, 6.45) is -0.385. The number of fused-ring (bicyclic) bond motifs is 1. The Hall–Kier alpha value is -1.56. The third-order valence-corrected chi connectivity index (χ3v) is 5.48. The van der Waals surface area contributed by atoms with E-state index in [9.17, 15) is 13.2 Å². The molecule has 0 aliphatic carbocycles. The zero-order chi connectivity index (χ0) is 13.5. The predicted octanol–water partition coefficient (Wildman–Crippen LogP) is 1.43. The summed E-state index contributed by atoms with van der Waals surface area (Å²) in [5.74, 6) is -1.10. The number of hydrogen-bond donors (Lipinski definition) is 2. The number of carbonyl (C=O) groups is 1. The minimum atomic E-state index is -3.59. The number of nitrogens with one attached hydrogen (secondary N) is 1. The van der Waals surface area contributed by atoms with Crippen LogP contribution >= 0.6 is 0 Å². The molecular weight excluding hydrogens is 254 g/mol. The first-order valence-corrected chi connectivity index (χ1v) is 7.20. The van der Waals surface area contributed by atoms with Crippen LogP contribution in [-0.2, 0) is 14.6 Å². The molecule has 0 radical (unpaired) electrons. The smallest absolute Gasteiger partial charge is 0.304 e. The Morgan fingerprint density at radius 3 is 2.72 bits per heavy atom. The molecule has 2 atom stereocenters. The Bertz CT molecular complexity index is 594. The van der Waals surface area contributed by atoms with Crippen LogP contribution in [0.15, 0.2) is 23.1 Å². The summed E-state index contributed by atoms with van der Waals surface area (Å²) in [7, 11) is -3.59. The van der Waals surface area contributed by atoms with Crippen LogP contribution in [0.25, 0.3) is 0 Å². The molecule has 0 saturated carbocycles. The van der Waals surface area contributed by atoms with Crippen LogP contribution in [0.4, 0.5) is 5.69 Å². The normalized spacial score (nSPS) is 25.0. The second-order valence-electron chi connectivity index (χ2n) is 4.61. The van der Waals surface area contributed by atoms with Crippen LogP contribution in [0.2, 0.25) is 0 Å². The Morgan fingerprint density at radius 1 is 1.44 bits per heavy atom. The molecule has 5 nitrogen and oxygen atoms in total. The molecule has 2 unspecified atom stereocenters. The van der Waals surface area contributed by atoms with Crippen molar-refractivity contribution in [2.45, 2.75) is 36.5 Å². The summed E-state index contributed by atoms with van der Waals surface area (Å²) in [6, 6.07) is 4.71. The minimum absolute atomic E-state index is 0.201. The Kier molecular flexibility index (Phi) is 3.06. The maximum absolute atomic E-state index is 12.4. The van der Waals surface area contributed by atoms with Crippen LogP contribution in [0.5, 0.6) is 0 Å². The quantitative estimate of drug-likeness (QED) is 0.848. The van der Waals surface area contributed by atoms with Gasteiger partial charge in [0.2, 0.25) is 0 Å². The largest absolute Gasteiger partial charge is 0.481 e. The molecule has 1 aliphatic rings. The Morgan fingerprint density at radius 2 is 2.11 bits per heavy atom. The van der Waals surface area contributed by atoms with Crippen molar-refractivity contribution in [3.63, 3.8) is 0 Å². The van der Waals surface area contributed by atoms with E-state index in [0.29, 0.717) is 5.69 Å². The zero-order valence-electron chi connectivity index (χ0n) is 10.2. The summed E-state index contributed by atoms with van der Waals surface area (Å²) in [6.45, 7) is 3.49. The second-order valence-corrected chi connectivity index (χ2v) is 6.75. The van der Waals surface area contributed by atoms with Gasteiger partial charge in [0.1, 0.15) is 0 Å². The molecule has 2 rings (SSSR count). The summed E-state index contributed by atoms with van der Waals surface area (Å²) in [5, 5.41) is 11.0. The molecular formula is C12H15NO4S. The fraction of sp³-hybridized carbons (Fsp3) is 0.417. The van der Waals surface area contributed by atoms with Crippen LogP contribution in [0.3, 0.4) is 0 Å². The van der Waals surface area contributed by atoms with Gasteiger partial charge in [-0.25, -0.2) is 8.42 Å². The lowest BCUT2D eigenvalue weighted by molar-refractivity contribution is -0.137. The van der Waals surface area contributed by atoms with E-state index < -0.39 is 27.1 Å². The van der Waals surface area contributed by atoms with Crippen LogP contribution < -0.4 is 5.32 Å². The van der Waals surface area contributed by atoms with Gasteiger partial charge >= 0.3 is 5.97 Å². The van der Waals surface area contributed by atoms with Crippen LogP contribution in [0.1, 0.15) is 18.9 Å². The molecule has 98 valence electrons. The van der Waals surface area contributed by atoms with E-state index in [0.717, 1.165) is 5.56 Å². The van der Waals surface area contributed by atoms with Gasteiger partial charge in [-0.3, -0.25) is 4.79 Å². The first kappa shape index (κ1) is 12.9. The topological polar surface area (TPSA) is 83.5 Å². The maximum Gasteiger partial charge on any atom is 0.304 e. The van der Waals surface area contributed by atoms with Gasteiger partial charge in [0.05, 0.1) is 22.3 Å². The molecule has 2 N–H and O–H groups in total. The summed E-state index contributed by atoms with van der Waals surface area (Å²) in [5.41, 5.74) is 1.39. The van der Waals surface area contributed by atoms with Crippen LogP contribution in [-0.4, -0.2) is 30.8 Å². The van der Waals surface area contributed by atoms with Crippen molar-refractivity contribution in [3.05, 3.63) is 23.8 Å². The van der Waals surface area contributed by atoms with Gasteiger partial charge in [-0.2, -0.15) is 0 Å². The van der Waals surface area contributed by atoms with Crippen molar-refractivity contribution >= 4 is 21.5 Å². The number of sulfone groups is 1. The monoisotopic (exact) mass is 269 g/mol. The molecule has 1 aromatic rings. The third-order valence-electron chi connectivity index (χ3n) is 3.16. The van der Waals surface area contributed by atoms with E-state index in [1.807, 2.05) is 6.07 Å². The van der Waals surface area contributed by atoms with Crippen molar-refractivity contribution < 1.29 is 18.3 Å². The molecule has 0 amide bonds. The highest BCUT2D eigenvalue weighted by atomic mass is 32.2. The van der Waals surface area contributed by atoms with E-state index in [-0.39, 0.29) is 11.3 Å². The molecule has 0 spiro atoms. The van der Waals surface area contributed by atoms with Crippen molar-refractivity contribution in [1.82, 2.24) is 0 Å². The van der Waals surface area contributed by atoms with E-state index >= 15 is 0 Å². The van der Waals surface area contributed by atoms with E-state index in [1.165, 1.54) is 0 Å². The van der Waals surface area contributed by atoms with Gasteiger partial charge in [-0.15, -0.1) is 0 Å². The molecule has 0 aromatic heterocycles. The summed E-state index contributed by atoms with van der Waals surface area (Å²) < 4.78 is 24.8. The van der Waals surface area contributed by atoms with Gasteiger partial charge in [0.15, 0.2) is 9.84 Å². The molecule has 18 heavy (non-hydrogen) atoms. The Labute approximate surface area is 106 Å². The second kappa shape index (κ2) is 4.28. The fourth-order valence-electron chi connectivity index (χ4n) is 2.21. The van der Waals surface area contributed by atoms with Crippen molar-refractivity contribution in [2.24, 2.45) is 0 Å². The van der Waals surface area contributed by atoms with Gasteiger partial charge < -0.3 is 10.4 Å². The molecule has 6 heteroatoms. The average Bonchev–Trinajstić information content (AvgIpc) is 2.26. The Balaban J connectivity index is 2.55. The number of aryl methyl sites for hydroxylation is 1. The SMILES string of the molecule is Cc1ccc2c(c1)S(=O)(=O)C(CC(=O)O)C(C)N2. The van der Waals surface area contributed by atoms with Crippen LogP contribution in [0, 0.1) is 6.92 Å².